The van der Waals surface area contributed by atoms with Crippen molar-refractivity contribution < 1.29 is 4.79 Å². The maximum absolute atomic E-state index is 13.3. The highest BCUT2D eigenvalue weighted by molar-refractivity contribution is 7.99. The van der Waals surface area contributed by atoms with Gasteiger partial charge < -0.3 is 10.2 Å². The first-order valence-corrected chi connectivity index (χ1v) is 10.7. The van der Waals surface area contributed by atoms with Gasteiger partial charge >= 0.3 is 0 Å². The van der Waals surface area contributed by atoms with Crippen molar-refractivity contribution in [1.29, 1.82) is 0 Å². The summed E-state index contributed by atoms with van der Waals surface area (Å²) in [6, 6.07) is 18.2. The summed E-state index contributed by atoms with van der Waals surface area (Å²) in [6.07, 6.45) is 4.92. The van der Waals surface area contributed by atoms with Crippen LogP contribution >= 0.6 is 11.8 Å². The highest BCUT2D eigenvalue weighted by Gasteiger charge is 2.38. The highest BCUT2D eigenvalue weighted by Crippen LogP contribution is 2.47. The van der Waals surface area contributed by atoms with Crippen molar-refractivity contribution in [3.05, 3.63) is 48.5 Å². The van der Waals surface area contributed by atoms with Crippen LogP contribution in [0.15, 0.2) is 58.3 Å². The molecule has 2 aromatic rings. The Labute approximate surface area is 164 Å². The molecular weight excluding hydrogens is 354 g/mol. The van der Waals surface area contributed by atoms with E-state index in [1.165, 1.54) is 12.8 Å². The van der Waals surface area contributed by atoms with Crippen molar-refractivity contribution >= 4 is 29.0 Å². The van der Waals surface area contributed by atoms with E-state index in [1.807, 2.05) is 41.3 Å². The van der Waals surface area contributed by atoms with Gasteiger partial charge in [0.05, 0.1) is 17.9 Å². The fourth-order valence-electron chi connectivity index (χ4n) is 4.86. The fourth-order valence-corrected chi connectivity index (χ4v) is 5.92. The lowest BCUT2D eigenvalue weighted by Gasteiger charge is -2.37. The van der Waals surface area contributed by atoms with E-state index in [0.717, 1.165) is 34.0 Å². The van der Waals surface area contributed by atoms with Gasteiger partial charge in [0.1, 0.15) is 0 Å². The third kappa shape index (κ3) is 3.08. The maximum atomic E-state index is 13.3. The Balaban J connectivity index is 1.35. The van der Waals surface area contributed by atoms with Crippen molar-refractivity contribution in [2.45, 2.75) is 53.6 Å². The van der Waals surface area contributed by atoms with Crippen molar-refractivity contribution in [3.63, 3.8) is 0 Å². The Bertz CT molecular complexity index is 811. The summed E-state index contributed by atoms with van der Waals surface area (Å²) in [4.78, 5) is 20.0. The second-order valence-corrected chi connectivity index (χ2v) is 8.95. The van der Waals surface area contributed by atoms with Crippen LogP contribution in [-0.2, 0) is 4.79 Å². The molecule has 0 aromatic heterocycles. The molecule has 2 bridgehead atoms. The van der Waals surface area contributed by atoms with Gasteiger partial charge in [-0.1, -0.05) is 36.0 Å². The highest BCUT2D eigenvalue weighted by atomic mass is 32.2. The average Bonchev–Trinajstić information content (AvgIpc) is 2.91. The maximum Gasteiger partial charge on any atom is 0.245 e. The van der Waals surface area contributed by atoms with Crippen LogP contribution in [0, 0.1) is 0 Å². The Kier molecular flexibility index (Phi) is 4.46. The van der Waals surface area contributed by atoms with E-state index >= 15 is 0 Å². The molecule has 0 aliphatic carbocycles. The van der Waals surface area contributed by atoms with Crippen molar-refractivity contribution in [3.8, 4) is 0 Å². The standard InChI is InChI=1S/C22H25N3OS/c1-24-16-10-11-17(24)13-15(12-16)23-14-22(26)25-18-6-2-4-8-20(18)27-21-9-5-3-7-19(21)25/h2-9,15-17,23H,10-14H2,1H3. The number of piperidine rings is 1. The zero-order valence-corrected chi connectivity index (χ0v) is 16.4. The number of hydrogen-bond acceptors (Lipinski definition) is 4. The lowest BCUT2D eigenvalue weighted by molar-refractivity contribution is -0.117. The summed E-state index contributed by atoms with van der Waals surface area (Å²) in [6.45, 7) is 0.390. The van der Waals surface area contributed by atoms with Gasteiger partial charge in [-0.2, -0.15) is 0 Å². The van der Waals surface area contributed by atoms with Gasteiger partial charge in [0.2, 0.25) is 5.91 Å². The predicted octanol–water partition coefficient (Wildman–Crippen LogP) is 4.03. The molecule has 27 heavy (non-hydrogen) atoms. The van der Waals surface area contributed by atoms with Crippen molar-refractivity contribution in [2.75, 3.05) is 18.5 Å². The van der Waals surface area contributed by atoms with Crippen molar-refractivity contribution in [2.24, 2.45) is 0 Å². The van der Waals surface area contributed by atoms with E-state index in [4.69, 9.17) is 0 Å². The lowest BCUT2D eigenvalue weighted by atomic mass is 9.98. The summed E-state index contributed by atoms with van der Waals surface area (Å²) in [7, 11) is 2.25. The molecule has 0 saturated carbocycles. The largest absolute Gasteiger partial charge is 0.305 e. The molecular formula is C22H25N3OS. The summed E-state index contributed by atoms with van der Waals surface area (Å²) in [5, 5.41) is 3.58. The Morgan fingerprint density at radius 2 is 1.56 bits per heavy atom. The molecule has 3 aliphatic heterocycles. The molecule has 2 unspecified atom stereocenters. The summed E-state index contributed by atoms with van der Waals surface area (Å²) in [5.74, 6) is 0.126. The molecule has 0 spiro atoms. The molecule has 0 radical (unpaired) electrons. The molecule has 1 amide bonds. The zero-order valence-electron chi connectivity index (χ0n) is 15.6. The van der Waals surface area contributed by atoms with Gasteiger partial charge in [-0.25, -0.2) is 0 Å². The van der Waals surface area contributed by atoms with Crippen LogP contribution in [0.2, 0.25) is 0 Å². The van der Waals surface area contributed by atoms with Crippen LogP contribution in [-0.4, -0.2) is 42.5 Å². The number of para-hydroxylation sites is 2. The molecule has 1 N–H and O–H groups in total. The first kappa shape index (κ1) is 17.3. The number of anilines is 2. The number of rotatable bonds is 3. The van der Waals surface area contributed by atoms with Gasteiger partial charge in [-0.15, -0.1) is 0 Å². The minimum Gasteiger partial charge on any atom is -0.305 e. The monoisotopic (exact) mass is 379 g/mol. The van der Waals surface area contributed by atoms with Crippen LogP contribution in [0.3, 0.4) is 0 Å². The Morgan fingerprint density at radius 3 is 2.15 bits per heavy atom. The molecule has 140 valence electrons. The van der Waals surface area contributed by atoms with E-state index in [-0.39, 0.29) is 5.91 Å². The summed E-state index contributed by atoms with van der Waals surface area (Å²) >= 11 is 1.74. The number of benzene rings is 2. The number of fused-ring (bicyclic) bond motifs is 4. The Hall–Kier alpha value is -1.82. The molecule has 3 aliphatic rings. The topological polar surface area (TPSA) is 35.6 Å². The number of nitrogens with one attached hydrogen (secondary N) is 1. The molecule has 2 atom stereocenters. The molecule has 2 aromatic carbocycles. The first-order chi connectivity index (χ1) is 13.2. The minimum absolute atomic E-state index is 0.126. The number of carbonyl (C=O) groups is 1. The zero-order chi connectivity index (χ0) is 18.4. The number of hydrogen-bond donors (Lipinski definition) is 1. The lowest BCUT2D eigenvalue weighted by Crippen LogP contribution is -2.49. The molecule has 5 rings (SSSR count). The fraction of sp³-hybridized carbons (Fsp3) is 0.409. The smallest absolute Gasteiger partial charge is 0.245 e. The van der Waals surface area contributed by atoms with Crippen LogP contribution in [0.25, 0.3) is 0 Å². The molecule has 3 heterocycles. The molecule has 5 heteroatoms. The normalized spacial score (nSPS) is 26.6. The number of amides is 1. The second kappa shape index (κ2) is 6.97. The van der Waals surface area contributed by atoms with E-state index < -0.39 is 0 Å². The van der Waals surface area contributed by atoms with Crippen LogP contribution in [0.1, 0.15) is 25.7 Å². The molecule has 2 fully saturated rings. The number of nitrogens with zero attached hydrogens (tertiary/aromatic N) is 2. The van der Waals surface area contributed by atoms with Gasteiger partial charge in [0, 0.05) is 27.9 Å². The van der Waals surface area contributed by atoms with Crippen LogP contribution in [0.4, 0.5) is 11.4 Å². The van der Waals surface area contributed by atoms with E-state index in [1.54, 1.807) is 11.8 Å². The van der Waals surface area contributed by atoms with Crippen LogP contribution < -0.4 is 10.2 Å². The third-order valence-corrected chi connectivity index (χ3v) is 7.45. The van der Waals surface area contributed by atoms with Gasteiger partial charge in [0.25, 0.3) is 0 Å². The van der Waals surface area contributed by atoms with Gasteiger partial charge in [0.15, 0.2) is 0 Å². The number of carbonyl (C=O) groups excluding carboxylic acids is 1. The van der Waals surface area contributed by atoms with Gasteiger partial charge in [-0.3, -0.25) is 9.69 Å². The molecule has 2 saturated heterocycles. The van der Waals surface area contributed by atoms with Crippen LogP contribution in [0.5, 0.6) is 0 Å². The van der Waals surface area contributed by atoms with Gasteiger partial charge in [-0.05, 0) is 57.0 Å². The third-order valence-electron chi connectivity index (χ3n) is 6.32. The van der Waals surface area contributed by atoms with E-state index in [0.29, 0.717) is 24.7 Å². The predicted molar refractivity (Wildman–Crippen MR) is 110 cm³/mol. The first-order valence-electron chi connectivity index (χ1n) is 9.85. The Morgan fingerprint density at radius 1 is 1.00 bits per heavy atom. The summed E-state index contributed by atoms with van der Waals surface area (Å²) < 4.78 is 0. The summed E-state index contributed by atoms with van der Waals surface area (Å²) in [5.41, 5.74) is 1.99. The van der Waals surface area contributed by atoms with Crippen molar-refractivity contribution in [1.82, 2.24) is 10.2 Å². The minimum atomic E-state index is 0.126. The second-order valence-electron chi connectivity index (χ2n) is 7.87. The quantitative estimate of drug-likeness (QED) is 0.873. The molecule has 4 nitrogen and oxygen atoms in total. The van der Waals surface area contributed by atoms with E-state index in [2.05, 4.69) is 29.4 Å². The average molecular weight is 380 g/mol. The van der Waals surface area contributed by atoms with E-state index in [9.17, 15) is 4.79 Å². The SMILES string of the molecule is CN1C2CCC1CC(NCC(=O)N1c3ccccc3Sc3ccccc31)C2.